The second-order valence-corrected chi connectivity index (χ2v) is 8.02. The Balaban J connectivity index is 1.46. The fraction of sp³-hybridized carbons (Fsp3) is 0.444. The van der Waals surface area contributed by atoms with Gasteiger partial charge in [0.15, 0.2) is 0 Å². The number of carbonyl (C=O) groups is 1. The number of rotatable bonds is 3. The maximum absolute atomic E-state index is 13.5. The number of aromatic nitrogens is 1. The van der Waals surface area contributed by atoms with Gasteiger partial charge >= 0.3 is 0 Å². The number of halogens is 1. The normalized spacial score (nSPS) is 24.4. The van der Waals surface area contributed by atoms with Crippen LogP contribution < -0.4 is 4.90 Å². The van der Waals surface area contributed by atoms with E-state index in [9.17, 15) is 9.18 Å². The average Bonchev–Trinajstić information content (AvgIpc) is 3.21. The van der Waals surface area contributed by atoms with Crippen LogP contribution in [-0.2, 0) is 11.3 Å². The van der Waals surface area contributed by atoms with Gasteiger partial charge in [-0.2, -0.15) is 0 Å². The molecular formula is C18H20FN3OS. The molecule has 0 aliphatic carbocycles. The van der Waals surface area contributed by atoms with Gasteiger partial charge in [-0.1, -0.05) is 6.07 Å². The van der Waals surface area contributed by atoms with Crippen LogP contribution in [0.2, 0.25) is 0 Å². The van der Waals surface area contributed by atoms with Crippen LogP contribution in [0.1, 0.15) is 23.5 Å². The molecule has 2 fully saturated rings. The molecule has 2 saturated heterocycles. The van der Waals surface area contributed by atoms with E-state index < -0.39 is 0 Å². The van der Waals surface area contributed by atoms with Gasteiger partial charge in [0.1, 0.15) is 5.82 Å². The summed E-state index contributed by atoms with van der Waals surface area (Å²) in [7, 11) is 0. The van der Waals surface area contributed by atoms with Crippen molar-refractivity contribution in [2.75, 3.05) is 24.5 Å². The molecule has 6 heteroatoms. The quantitative estimate of drug-likeness (QED) is 0.857. The first-order valence-electron chi connectivity index (χ1n) is 8.22. The lowest BCUT2D eigenvalue weighted by atomic mass is 9.86. The van der Waals surface area contributed by atoms with E-state index in [-0.39, 0.29) is 17.1 Å². The lowest BCUT2D eigenvalue weighted by Crippen LogP contribution is -2.31. The summed E-state index contributed by atoms with van der Waals surface area (Å²) < 4.78 is 13.5. The third-order valence-corrected chi connectivity index (χ3v) is 5.83. The number of hydrogen-bond acceptors (Lipinski definition) is 4. The fourth-order valence-corrected chi connectivity index (χ4v) is 4.52. The topological polar surface area (TPSA) is 36.4 Å². The van der Waals surface area contributed by atoms with Crippen LogP contribution in [0, 0.1) is 18.2 Å². The molecule has 126 valence electrons. The lowest BCUT2D eigenvalue weighted by Gasteiger charge is -2.24. The molecule has 0 saturated carbocycles. The van der Waals surface area contributed by atoms with Gasteiger partial charge in [-0.3, -0.25) is 9.69 Å². The molecule has 4 nitrogen and oxygen atoms in total. The molecule has 24 heavy (non-hydrogen) atoms. The molecule has 4 rings (SSSR count). The first kappa shape index (κ1) is 15.7. The van der Waals surface area contributed by atoms with Gasteiger partial charge in [0, 0.05) is 42.5 Å². The zero-order valence-corrected chi connectivity index (χ0v) is 14.5. The third-order valence-electron chi connectivity index (χ3n) is 5.01. The molecule has 0 N–H and O–H groups in total. The summed E-state index contributed by atoms with van der Waals surface area (Å²) in [5, 5.41) is 3.20. The Morgan fingerprint density at radius 2 is 2.25 bits per heavy atom. The fourth-order valence-electron chi connectivity index (χ4n) is 3.92. The van der Waals surface area contributed by atoms with Gasteiger partial charge in [-0.15, -0.1) is 11.3 Å². The Morgan fingerprint density at radius 1 is 1.38 bits per heavy atom. The van der Waals surface area contributed by atoms with Crippen molar-refractivity contribution in [2.24, 2.45) is 5.41 Å². The van der Waals surface area contributed by atoms with Crippen molar-refractivity contribution in [1.29, 1.82) is 0 Å². The Bertz CT molecular complexity index is 777. The molecule has 3 heterocycles. The number of amides is 1. The summed E-state index contributed by atoms with van der Waals surface area (Å²) >= 11 is 1.68. The van der Waals surface area contributed by atoms with Gasteiger partial charge in [0.05, 0.1) is 10.7 Å². The van der Waals surface area contributed by atoms with Crippen molar-refractivity contribution >= 4 is 22.9 Å². The summed E-state index contributed by atoms with van der Waals surface area (Å²) in [6, 6.07) is 6.33. The third kappa shape index (κ3) is 2.96. The molecular weight excluding hydrogens is 325 g/mol. The van der Waals surface area contributed by atoms with Crippen LogP contribution >= 0.6 is 11.3 Å². The minimum Gasteiger partial charge on any atom is -0.312 e. The summed E-state index contributed by atoms with van der Waals surface area (Å²) in [5.41, 5.74) is 1.78. The van der Waals surface area contributed by atoms with Crippen LogP contribution in [0.25, 0.3) is 0 Å². The molecule has 0 unspecified atom stereocenters. The van der Waals surface area contributed by atoms with Crippen molar-refractivity contribution in [1.82, 2.24) is 9.88 Å². The van der Waals surface area contributed by atoms with Crippen LogP contribution in [0.5, 0.6) is 0 Å². The summed E-state index contributed by atoms with van der Waals surface area (Å²) in [4.78, 5) is 21.2. The molecule has 1 spiro atoms. The zero-order valence-electron chi connectivity index (χ0n) is 13.7. The van der Waals surface area contributed by atoms with Crippen molar-refractivity contribution in [3.63, 3.8) is 0 Å². The Kier molecular flexibility index (Phi) is 3.89. The van der Waals surface area contributed by atoms with Crippen molar-refractivity contribution in [2.45, 2.75) is 26.3 Å². The first-order valence-corrected chi connectivity index (χ1v) is 9.10. The highest BCUT2D eigenvalue weighted by Crippen LogP contribution is 2.42. The maximum atomic E-state index is 13.5. The van der Waals surface area contributed by atoms with E-state index >= 15 is 0 Å². The average molecular weight is 345 g/mol. The number of thiazole rings is 1. The second kappa shape index (κ2) is 5.93. The van der Waals surface area contributed by atoms with Gasteiger partial charge in [0.25, 0.3) is 0 Å². The molecule has 1 atom stereocenters. The summed E-state index contributed by atoms with van der Waals surface area (Å²) in [6.45, 7) is 5.44. The highest BCUT2D eigenvalue weighted by molar-refractivity contribution is 7.09. The van der Waals surface area contributed by atoms with Gasteiger partial charge in [-0.25, -0.2) is 9.37 Å². The Hall–Kier alpha value is -1.79. The van der Waals surface area contributed by atoms with E-state index in [1.807, 2.05) is 13.0 Å². The highest BCUT2D eigenvalue weighted by atomic mass is 32.1. The van der Waals surface area contributed by atoms with Gasteiger partial charge < -0.3 is 4.90 Å². The second-order valence-electron chi connectivity index (χ2n) is 6.96. The summed E-state index contributed by atoms with van der Waals surface area (Å²) in [5.74, 6) is -0.194. The van der Waals surface area contributed by atoms with Crippen molar-refractivity contribution in [3.8, 4) is 0 Å². The lowest BCUT2D eigenvalue weighted by molar-refractivity contribution is -0.117. The molecule has 1 amide bonds. The first-order chi connectivity index (χ1) is 11.5. The molecule has 2 aliphatic rings. The van der Waals surface area contributed by atoms with Crippen LogP contribution in [0.15, 0.2) is 29.6 Å². The van der Waals surface area contributed by atoms with Crippen LogP contribution in [-0.4, -0.2) is 35.4 Å². The Morgan fingerprint density at radius 3 is 3.00 bits per heavy atom. The number of nitrogens with zero attached hydrogens (tertiary/aromatic N) is 3. The monoisotopic (exact) mass is 345 g/mol. The number of benzene rings is 1. The maximum Gasteiger partial charge on any atom is 0.227 e. The molecule has 1 aromatic heterocycles. The number of anilines is 1. The van der Waals surface area contributed by atoms with E-state index in [2.05, 4.69) is 15.3 Å². The van der Waals surface area contributed by atoms with E-state index in [4.69, 9.17) is 0 Å². The van der Waals surface area contributed by atoms with Gasteiger partial charge in [0.2, 0.25) is 5.91 Å². The van der Waals surface area contributed by atoms with Crippen LogP contribution in [0.4, 0.5) is 10.1 Å². The molecule has 0 radical (unpaired) electrons. The van der Waals surface area contributed by atoms with E-state index in [1.54, 1.807) is 22.3 Å². The smallest absolute Gasteiger partial charge is 0.227 e. The largest absolute Gasteiger partial charge is 0.312 e. The molecule has 0 bridgehead atoms. The zero-order chi connectivity index (χ0) is 16.7. The standard InChI is InChI=1S/C18H20FN3OS/c1-13-20-15(10-24-13)9-21-6-5-18(11-21)8-17(23)22(12-18)16-4-2-3-14(19)7-16/h2-4,7,10H,5-6,8-9,11-12H2,1H3/t18-/m0/s1. The Labute approximate surface area is 144 Å². The molecule has 1 aromatic carbocycles. The highest BCUT2D eigenvalue weighted by Gasteiger charge is 2.47. The minimum atomic E-state index is -0.298. The van der Waals surface area contributed by atoms with Crippen LogP contribution in [0.3, 0.4) is 0 Å². The minimum absolute atomic E-state index is 0.00549. The number of carbonyl (C=O) groups excluding carboxylic acids is 1. The molecule has 2 aliphatic heterocycles. The van der Waals surface area contributed by atoms with E-state index in [0.29, 0.717) is 18.7 Å². The summed E-state index contributed by atoms with van der Waals surface area (Å²) in [6.07, 6.45) is 1.56. The number of aryl methyl sites for hydroxylation is 1. The van der Waals surface area contributed by atoms with Crippen molar-refractivity contribution in [3.05, 3.63) is 46.2 Å². The predicted molar refractivity (Wildman–Crippen MR) is 92.5 cm³/mol. The SMILES string of the molecule is Cc1nc(CN2CC[C@]3(CC(=O)N(c4cccc(F)c4)C3)C2)cs1. The van der Waals surface area contributed by atoms with E-state index in [0.717, 1.165) is 36.8 Å². The van der Waals surface area contributed by atoms with Crippen molar-refractivity contribution < 1.29 is 9.18 Å². The van der Waals surface area contributed by atoms with E-state index in [1.165, 1.54) is 12.1 Å². The number of likely N-dealkylation sites (tertiary alicyclic amines) is 1. The van der Waals surface area contributed by atoms with Gasteiger partial charge in [-0.05, 0) is 38.1 Å². The molecule has 2 aromatic rings. The predicted octanol–water partition coefficient (Wildman–Crippen LogP) is 3.22. The number of hydrogen-bond donors (Lipinski definition) is 0.